The zero-order valence-corrected chi connectivity index (χ0v) is 14.3. The van der Waals surface area contributed by atoms with Gasteiger partial charge in [-0.25, -0.2) is 0 Å². The predicted molar refractivity (Wildman–Crippen MR) is 89.0 cm³/mol. The molecule has 3 N–H and O–H groups in total. The third-order valence-electron chi connectivity index (χ3n) is 2.84. The van der Waals surface area contributed by atoms with E-state index in [0.717, 1.165) is 8.95 Å². The summed E-state index contributed by atoms with van der Waals surface area (Å²) in [6.07, 6.45) is 1.77. The van der Waals surface area contributed by atoms with Crippen molar-refractivity contribution in [1.82, 2.24) is 4.57 Å². The average molecular weight is 401 g/mol. The molecule has 2 rings (SSSR count). The van der Waals surface area contributed by atoms with E-state index in [1.165, 1.54) is 0 Å². The van der Waals surface area contributed by atoms with Crippen LogP contribution in [0.1, 0.15) is 30.4 Å². The number of hydrogen-bond acceptors (Lipinski definition) is 2. The van der Waals surface area contributed by atoms with Crippen LogP contribution in [0.15, 0.2) is 39.4 Å². The molecule has 0 aliphatic carbocycles. The maximum Gasteiger partial charge on any atom is 0.272 e. The smallest absolute Gasteiger partial charge is 0.272 e. The van der Waals surface area contributed by atoms with Gasteiger partial charge in [0.2, 0.25) is 0 Å². The van der Waals surface area contributed by atoms with Gasteiger partial charge < -0.3 is 15.6 Å². The lowest BCUT2D eigenvalue weighted by Crippen LogP contribution is -2.18. The van der Waals surface area contributed by atoms with Crippen LogP contribution in [0.5, 0.6) is 0 Å². The Balaban J connectivity index is 2.28. The number of hydrogen-bond donors (Lipinski definition) is 2. The first-order valence-electron chi connectivity index (χ1n) is 6.12. The van der Waals surface area contributed by atoms with Gasteiger partial charge in [0.15, 0.2) is 0 Å². The number of anilines is 2. The number of carbonyl (C=O) groups excluding carboxylic acids is 1. The van der Waals surface area contributed by atoms with Gasteiger partial charge in [-0.15, -0.1) is 0 Å². The van der Waals surface area contributed by atoms with Crippen molar-refractivity contribution in [3.8, 4) is 0 Å². The van der Waals surface area contributed by atoms with Crippen LogP contribution in [0.2, 0.25) is 0 Å². The van der Waals surface area contributed by atoms with E-state index in [2.05, 4.69) is 37.2 Å². The minimum absolute atomic E-state index is 0.168. The van der Waals surface area contributed by atoms with E-state index in [4.69, 9.17) is 5.73 Å². The molecule has 0 atom stereocenters. The Labute approximate surface area is 134 Å². The number of halogens is 2. The second kappa shape index (κ2) is 6.01. The standard InChI is InChI=1S/C14H15Br2N3O/c1-8(2)19-7-10(17)6-13(19)14(20)18-12-4-3-9(15)5-11(12)16/h3-8H,17H2,1-2H3,(H,18,20). The van der Waals surface area contributed by atoms with Gasteiger partial charge in [-0.1, -0.05) is 15.9 Å². The van der Waals surface area contributed by atoms with Gasteiger partial charge in [-0.3, -0.25) is 4.79 Å². The number of rotatable bonds is 3. The molecule has 0 fully saturated rings. The molecule has 4 nitrogen and oxygen atoms in total. The number of nitrogens with one attached hydrogen (secondary N) is 1. The van der Waals surface area contributed by atoms with Gasteiger partial charge >= 0.3 is 0 Å². The number of benzene rings is 1. The number of nitrogens with two attached hydrogens (primary N) is 1. The minimum atomic E-state index is -0.182. The summed E-state index contributed by atoms with van der Waals surface area (Å²) in [5.41, 5.74) is 7.63. The van der Waals surface area contributed by atoms with Gasteiger partial charge in [0.25, 0.3) is 5.91 Å². The fraction of sp³-hybridized carbons (Fsp3) is 0.214. The summed E-state index contributed by atoms with van der Waals surface area (Å²) in [4.78, 5) is 12.4. The van der Waals surface area contributed by atoms with E-state index in [9.17, 15) is 4.79 Å². The first kappa shape index (κ1) is 15.1. The number of nitrogen functional groups attached to an aromatic ring is 1. The lowest BCUT2D eigenvalue weighted by molar-refractivity contribution is 0.101. The van der Waals surface area contributed by atoms with E-state index in [1.807, 2.05) is 36.6 Å². The van der Waals surface area contributed by atoms with Crippen molar-refractivity contribution in [1.29, 1.82) is 0 Å². The Hall–Kier alpha value is -1.27. The van der Waals surface area contributed by atoms with Gasteiger partial charge in [-0.05, 0) is 54.0 Å². The van der Waals surface area contributed by atoms with Crippen LogP contribution in [0, 0.1) is 0 Å². The second-order valence-corrected chi connectivity index (χ2v) is 6.51. The van der Waals surface area contributed by atoms with Crippen LogP contribution >= 0.6 is 31.9 Å². The molecule has 1 aromatic heterocycles. The summed E-state index contributed by atoms with van der Waals surface area (Å²) >= 11 is 6.80. The van der Waals surface area contributed by atoms with Gasteiger partial charge in [0, 0.05) is 21.2 Å². The molecule has 106 valence electrons. The molecule has 0 saturated carbocycles. The van der Waals surface area contributed by atoms with Crippen molar-refractivity contribution in [2.75, 3.05) is 11.1 Å². The molecule has 1 heterocycles. The van der Waals surface area contributed by atoms with Crippen LogP contribution in [0.4, 0.5) is 11.4 Å². The molecule has 0 unspecified atom stereocenters. The molecule has 0 saturated heterocycles. The zero-order chi connectivity index (χ0) is 14.9. The predicted octanol–water partition coefficient (Wildman–Crippen LogP) is 4.43. The fourth-order valence-corrected chi connectivity index (χ4v) is 3.03. The van der Waals surface area contributed by atoms with E-state index in [0.29, 0.717) is 17.1 Å². The summed E-state index contributed by atoms with van der Waals surface area (Å²) in [5, 5.41) is 2.88. The molecule has 0 aliphatic rings. The van der Waals surface area contributed by atoms with E-state index in [1.54, 1.807) is 12.3 Å². The highest BCUT2D eigenvalue weighted by Gasteiger charge is 2.15. The Morgan fingerprint density at radius 3 is 2.60 bits per heavy atom. The topological polar surface area (TPSA) is 60.0 Å². The van der Waals surface area contributed by atoms with Gasteiger partial charge in [-0.2, -0.15) is 0 Å². The third-order valence-corrected chi connectivity index (χ3v) is 3.99. The van der Waals surface area contributed by atoms with Crippen molar-refractivity contribution in [3.63, 3.8) is 0 Å². The van der Waals surface area contributed by atoms with E-state index >= 15 is 0 Å². The largest absolute Gasteiger partial charge is 0.397 e. The molecule has 0 radical (unpaired) electrons. The first-order valence-corrected chi connectivity index (χ1v) is 7.71. The quantitative estimate of drug-likeness (QED) is 0.800. The molecule has 0 aliphatic heterocycles. The maximum absolute atomic E-state index is 12.4. The molecule has 1 aromatic carbocycles. The second-order valence-electron chi connectivity index (χ2n) is 4.74. The maximum atomic E-state index is 12.4. The lowest BCUT2D eigenvalue weighted by Gasteiger charge is -2.13. The Kier molecular flexibility index (Phi) is 4.55. The molecule has 20 heavy (non-hydrogen) atoms. The summed E-state index contributed by atoms with van der Waals surface area (Å²) in [7, 11) is 0. The number of nitrogens with zero attached hydrogens (tertiary/aromatic N) is 1. The lowest BCUT2D eigenvalue weighted by atomic mass is 10.3. The Morgan fingerprint density at radius 2 is 2.00 bits per heavy atom. The third kappa shape index (κ3) is 3.24. The van der Waals surface area contributed by atoms with Crippen LogP contribution in [0.25, 0.3) is 0 Å². The first-order chi connectivity index (χ1) is 9.38. The van der Waals surface area contributed by atoms with E-state index in [-0.39, 0.29) is 11.9 Å². The van der Waals surface area contributed by atoms with Crippen molar-refractivity contribution in [2.45, 2.75) is 19.9 Å². The van der Waals surface area contributed by atoms with Crippen LogP contribution in [-0.2, 0) is 0 Å². The zero-order valence-electron chi connectivity index (χ0n) is 11.2. The molecule has 0 bridgehead atoms. The van der Waals surface area contributed by atoms with Crippen molar-refractivity contribution < 1.29 is 4.79 Å². The Morgan fingerprint density at radius 1 is 1.30 bits per heavy atom. The monoisotopic (exact) mass is 399 g/mol. The summed E-state index contributed by atoms with van der Waals surface area (Å²) < 4.78 is 3.62. The molecule has 2 aromatic rings. The number of amides is 1. The molecule has 1 amide bonds. The summed E-state index contributed by atoms with van der Waals surface area (Å²) in [6.45, 7) is 4.01. The van der Waals surface area contributed by atoms with E-state index < -0.39 is 0 Å². The van der Waals surface area contributed by atoms with Crippen LogP contribution < -0.4 is 11.1 Å². The summed E-state index contributed by atoms with van der Waals surface area (Å²) in [5.74, 6) is -0.182. The normalized spacial score (nSPS) is 10.8. The highest BCUT2D eigenvalue weighted by molar-refractivity contribution is 9.11. The highest BCUT2D eigenvalue weighted by Crippen LogP contribution is 2.27. The van der Waals surface area contributed by atoms with Gasteiger partial charge in [0.05, 0.1) is 11.4 Å². The van der Waals surface area contributed by atoms with Crippen molar-refractivity contribution >= 4 is 49.1 Å². The molecular weight excluding hydrogens is 386 g/mol. The molecule has 0 spiro atoms. The highest BCUT2D eigenvalue weighted by atomic mass is 79.9. The fourth-order valence-electron chi connectivity index (χ4n) is 1.89. The summed E-state index contributed by atoms with van der Waals surface area (Å²) in [6, 6.07) is 7.43. The van der Waals surface area contributed by atoms with Crippen LogP contribution in [0.3, 0.4) is 0 Å². The minimum Gasteiger partial charge on any atom is -0.397 e. The van der Waals surface area contributed by atoms with Gasteiger partial charge in [0.1, 0.15) is 5.69 Å². The van der Waals surface area contributed by atoms with Crippen molar-refractivity contribution in [2.24, 2.45) is 0 Å². The molecular formula is C14H15Br2N3O. The molecule has 6 heteroatoms. The Bertz CT molecular complexity index is 650. The van der Waals surface area contributed by atoms with Crippen LogP contribution in [-0.4, -0.2) is 10.5 Å². The average Bonchev–Trinajstić information content (AvgIpc) is 2.75. The van der Waals surface area contributed by atoms with Crippen molar-refractivity contribution in [3.05, 3.63) is 45.1 Å². The number of carbonyl (C=O) groups is 1. The SMILES string of the molecule is CC(C)n1cc(N)cc1C(=O)Nc1ccc(Br)cc1Br. The number of aromatic nitrogens is 1.